The van der Waals surface area contributed by atoms with Crippen molar-refractivity contribution < 1.29 is 9.53 Å². The van der Waals surface area contributed by atoms with Crippen molar-refractivity contribution in [3.63, 3.8) is 0 Å². The SMILES string of the molecule is CCOc1ccc(-c2nc(NC(=O)/C=C/c3cccc(Cl)c3)sc2C)cc1. The van der Waals surface area contributed by atoms with E-state index in [2.05, 4.69) is 10.3 Å². The van der Waals surface area contributed by atoms with Gasteiger partial charge in [-0.2, -0.15) is 0 Å². The zero-order valence-electron chi connectivity index (χ0n) is 15.0. The maximum Gasteiger partial charge on any atom is 0.250 e. The molecule has 27 heavy (non-hydrogen) atoms. The number of amides is 1. The Balaban J connectivity index is 1.69. The predicted octanol–water partition coefficient (Wildman–Crippen LogP) is 5.82. The molecule has 4 nitrogen and oxygen atoms in total. The van der Waals surface area contributed by atoms with E-state index in [1.54, 1.807) is 18.2 Å². The summed E-state index contributed by atoms with van der Waals surface area (Å²) in [5, 5.41) is 4.01. The van der Waals surface area contributed by atoms with Crippen LogP contribution in [0.15, 0.2) is 54.6 Å². The Hall–Kier alpha value is -2.63. The number of anilines is 1. The van der Waals surface area contributed by atoms with E-state index >= 15 is 0 Å². The van der Waals surface area contributed by atoms with Gasteiger partial charge in [-0.05, 0) is 61.9 Å². The van der Waals surface area contributed by atoms with Crippen LogP contribution >= 0.6 is 22.9 Å². The molecule has 1 heterocycles. The van der Waals surface area contributed by atoms with E-state index in [1.807, 2.05) is 50.2 Å². The van der Waals surface area contributed by atoms with Crippen molar-refractivity contribution in [1.29, 1.82) is 0 Å². The molecular weight excluding hydrogens is 380 g/mol. The van der Waals surface area contributed by atoms with Crippen LogP contribution in [-0.4, -0.2) is 17.5 Å². The molecule has 0 aliphatic heterocycles. The van der Waals surface area contributed by atoms with Gasteiger partial charge in [0.05, 0.1) is 12.3 Å². The summed E-state index contributed by atoms with van der Waals surface area (Å²) < 4.78 is 5.46. The number of hydrogen-bond donors (Lipinski definition) is 1. The van der Waals surface area contributed by atoms with Gasteiger partial charge in [-0.25, -0.2) is 4.98 Å². The number of rotatable bonds is 6. The van der Waals surface area contributed by atoms with E-state index in [0.29, 0.717) is 16.8 Å². The molecule has 1 N–H and O–H groups in total. The molecule has 6 heteroatoms. The number of halogens is 1. The van der Waals surface area contributed by atoms with Gasteiger partial charge >= 0.3 is 0 Å². The summed E-state index contributed by atoms with van der Waals surface area (Å²) in [6, 6.07) is 15.1. The number of benzene rings is 2. The van der Waals surface area contributed by atoms with Crippen molar-refractivity contribution in [3.8, 4) is 17.0 Å². The molecule has 0 bridgehead atoms. The van der Waals surface area contributed by atoms with E-state index in [-0.39, 0.29) is 5.91 Å². The molecule has 0 saturated heterocycles. The lowest BCUT2D eigenvalue weighted by Crippen LogP contribution is -2.07. The quantitative estimate of drug-likeness (QED) is 0.532. The van der Waals surface area contributed by atoms with Crippen LogP contribution in [0.3, 0.4) is 0 Å². The van der Waals surface area contributed by atoms with Gasteiger partial charge < -0.3 is 4.74 Å². The number of aryl methyl sites for hydroxylation is 1. The summed E-state index contributed by atoms with van der Waals surface area (Å²) in [6.07, 6.45) is 3.19. The summed E-state index contributed by atoms with van der Waals surface area (Å²) in [7, 11) is 0. The number of nitrogens with one attached hydrogen (secondary N) is 1. The predicted molar refractivity (Wildman–Crippen MR) is 113 cm³/mol. The Kier molecular flexibility index (Phi) is 6.27. The molecule has 3 rings (SSSR count). The second kappa shape index (κ2) is 8.84. The van der Waals surface area contributed by atoms with Crippen molar-refractivity contribution in [3.05, 3.63) is 70.1 Å². The fourth-order valence-corrected chi connectivity index (χ4v) is 3.56. The number of aromatic nitrogens is 1. The van der Waals surface area contributed by atoms with Crippen LogP contribution in [0.5, 0.6) is 5.75 Å². The molecule has 0 fully saturated rings. The second-order valence-electron chi connectivity index (χ2n) is 5.76. The largest absolute Gasteiger partial charge is 0.494 e. The first-order valence-corrected chi connectivity index (χ1v) is 9.70. The van der Waals surface area contributed by atoms with Crippen LogP contribution in [0.2, 0.25) is 5.02 Å². The Morgan fingerprint density at radius 1 is 1.26 bits per heavy atom. The molecule has 0 radical (unpaired) electrons. The van der Waals surface area contributed by atoms with Crippen LogP contribution in [0.1, 0.15) is 17.4 Å². The van der Waals surface area contributed by atoms with Crippen molar-refractivity contribution in [1.82, 2.24) is 4.98 Å². The average Bonchev–Trinajstić information content (AvgIpc) is 3.01. The van der Waals surface area contributed by atoms with Gasteiger partial charge in [0, 0.05) is 21.5 Å². The highest BCUT2D eigenvalue weighted by Gasteiger charge is 2.11. The van der Waals surface area contributed by atoms with Crippen molar-refractivity contribution in [2.24, 2.45) is 0 Å². The molecule has 3 aromatic rings. The van der Waals surface area contributed by atoms with Gasteiger partial charge in [0.2, 0.25) is 5.91 Å². The molecule has 138 valence electrons. The normalized spacial score (nSPS) is 10.9. The third-order valence-electron chi connectivity index (χ3n) is 3.74. The molecule has 1 amide bonds. The monoisotopic (exact) mass is 398 g/mol. The first-order chi connectivity index (χ1) is 13.0. The summed E-state index contributed by atoms with van der Waals surface area (Å²) in [6.45, 7) is 4.57. The molecule has 0 saturated carbocycles. The number of carbonyl (C=O) groups is 1. The molecule has 0 unspecified atom stereocenters. The van der Waals surface area contributed by atoms with Gasteiger partial charge in [0.15, 0.2) is 5.13 Å². The third kappa shape index (κ3) is 5.18. The summed E-state index contributed by atoms with van der Waals surface area (Å²) in [5.41, 5.74) is 2.71. The Labute approximate surface area is 167 Å². The van der Waals surface area contributed by atoms with Crippen molar-refractivity contribution >= 4 is 40.1 Å². The lowest BCUT2D eigenvalue weighted by Gasteiger charge is -2.04. The fourth-order valence-electron chi connectivity index (χ4n) is 2.52. The molecule has 0 spiro atoms. The fraction of sp³-hybridized carbons (Fsp3) is 0.143. The minimum atomic E-state index is -0.234. The Morgan fingerprint density at radius 3 is 2.74 bits per heavy atom. The first kappa shape index (κ1) is 19.1. The lowest BCUT2D eigenvalue weighted by atomic mass is 10.1. The zero-order chi connectivity index (χ0) is 19.2. The number of hydrogen-bond acceptors (Lipinski definition) is 4. The number of nitrogens with zero attached hydrogens (tertiary/aromatic N) is 1. The van der Waals surface area contributed by atoms with E-state index in [0.717, 1.165) is 27.4 Å². The number of ether oxygens (including phenoxy) is 1. The van der Waals surface area contributed by atoms with Crippen LogP contribution in [0.4, 0.5) is 5.13 Å². The molecule has 0 atom stereocenters. The zero-order valence-corrected chi connectivity index (χ0v) is 16.6. The number of carbonyl (C=O) groups excluding carboxylic acids is 1. The lowest BCUT2D eigenvalue weighted by molar-refractivity contribution is -0.111. The van der Waals surface area contributed by atoms with Crippen molar-refractivity contribution in [2.45, 2.75) is 13.8 Å². The maximum absolute atomic E-state index is 12.2. The third-order valence-corrected chi connectivity index (χ3v) is 4.86. The first-order valence-electron chi connectivity index (χ1n) is 8.50. The topological polar surface area (TPSA) is 51.2 Å². The van der Waals surface area contributed by atoms with Crippen molar-refractivity contribution in [2.75, 3.05) is 11.9 Å². The minimum Gasteiger partial charge on any atom is -0.494 e. The van der Waals surface area contributed by atoms with Gasteiger partial charge in [-0.15, -0.1) is 11.3 Å². The van der Waals surface area contributed by atoms with Crippen LogP contribution in [0, 0.1) is 6.92 Å². The minimum absolute atomic E-state index is 0.234. The Bertz CT molecular complexity index is 965. The summed E-state index contributed by atoms with van der Waals surface area (Å²) >= 11 is 7.39. The maximum atomic E-state index is 12.2. The van der Waals surface area contributed by atoms with Gasteiger partial charge in [0.1, 0.15) is 5.75 Å². The van der Waals surface area contributed by atoms with E-state index in [1.165, 1.54) is 17.4 Å². The Morgan fingerprint density at radius 2 is 2.04 bits per heavy atom. The molecule has 0 aliphatic carbocycles. The molecule has 1 aromatic heterocycles. The summed E-state index contributed by atoms with van der Waals surface area (Å²) in [5.74, 6) is 0.593. The van der Waals surface area contributed by atoms with Gasteiger partial charge in [-0.3, -0.25) is 10.1 Å². The highest BCUT2D eigenvalue weighted by molar-refractivity contribution is 7.16. The smallest absolute Gasteiger partial charge is 0.250 e. The molecule has 2 aromatic carbocycles. The molecule has 0 aliphatic rings. The number of thiazole rings is 1. The van der Waals surface area contributed by atoms with Gasteiger partial charge in [0.25, 0.3) is 0 Å². The van der Waals surface area contributed by atoms with E-state index in [9.17, 15) is 4.79 Å². The van der Waals surface area contributed by atoms with Crippen LogP contribution in [-0.2, 0) is 4.79 Å². The van der Waals surface area contributed by atoms with Crippen LogP contribution < -0.4 is 10.1 Å². The standard InChI is InChI=1S/C21H19ClN2O2S/c1-3-26-18-10-8-16(9-11-18)20-14(2)27-21(24-20)23-19(25)12-7-15-5-4-6-17(22)13-15/h4-13H,3H2,1-2H3,(H,23,24,25)/b12-7+. The highest BCUT2D eigenvalue weighted by Crippen LogP contribution is 2.31. The van der Waals surface area contributed by atoms with E-state index in [4.69, 9.17) is 16.3 Å². The highest BCUT2D eigenvalue weighted by atomic mass is 35.5. The summed E-state index contributed by atoms with van der Waals surface area (Å²) in [4.78, 5) is 17.8. The van der Waals surface area contributed by atoms with Gasteiger partial charge in [-0.1, -0.05) is 23.7 Å². The van der Waals surface area contributed by atoms with Crippen LogP contribution in [0.25, 0.3) is 17.3 Å². The van der Waals surface area contributed by atoms with E-state index < -0.39 is 0 Å². The average molecular weight is 399 g/mol. The molecular formula is C21H19ClN2O2S. The second-order valence-corrected chi connectivity index (χ2v) is 7.40.